The molecule has 120 valence electrons. The average Bonchev–Trinajstić information content (AvgIpc) is 2.98. The van der Waals surface area contributed by atoms with Gasteiger partial charge in [0, 0.05) is 24.7 Å². The smallest absolute Gasteiger partial charge is 0.313 e. The summed E-state index contributed by atoms with van der Waals surface area (Å²) in [7, 11) is 0. The van der Waals surface area contributed by atoms with E-state index in [-0.39, 0.29) is 5.92 Å². The Bertz CT molecular complexity index is 569. The Kier molecular flexibility index (Phi) is 5.19. The van der Waals surface area contributed by atoms with Crippen LogP contribution in [0.4, 0.5) is 5.69 Å². The fraction of sp³-hybridized carbons (Fsp3) is 0.529. The van der Waals surface area contributed by atoms with E-state index in [4.69, 9.17) is 0 Å². The number of aryl methyl sites for hydroxylation is 2. The van der Waals surface area contributed by atoms with Gasteiger partial charge in [-0.05, 0) is 49.9 Å². The largest absolute Gasteiger partial charge is 0.393 e. The van der Waals surface area contributed by atoms with Gasteiger partial charge in [0.15, 0.2) is 0 Å². The van der Waals surface area contributed by atoms with E-state index in [0.29, 0.717) is 18.8 Å². The maximum Gasteiger partial charge on any atom is 0.313 e. The summed E-state index contributed by atoms with van der Waals surface area (Å²) < 4.78 is 0. The van der Waals surface area contributed by atoms with E-state index in [0.717, 1.165) is 18.4 Å². The summed E-state index contributed by atoms with van der Waals surface area (Å²) in [5.74, 6) is -1.08. The number of carbonyl (C=O) groups excluding carboxylic acids is 2. The predicted molar refractivity (Wildman–Crippen MR) is 85.6 cm³/mol. The number of anilines is 1. The van der Waals surface area contributed by atoms with E-state index >= 15 is 0 Å². The third kappa shape index (κ3) is 3.65. The first-order valence-electron chi connectivity index (χ1n) is 7.80. The number of carbonyl (C=O) groups is 2. The number of hydrogen-bond acceptors (Lipinski definition) is 3. The summed E-state index contributed by atoms with van der Waals surface area (Å²) in [4.78, 5) is 25.8. The second-order valence-corrected chi connectivity index (χ2v) is 5.99. The Balaban J connectivity index is 1.99. The number of rotatable bonds is 3. The lowest BCUT2D eigenvalue weighted by molar-refractivity contribution is -0.142. The molecule has 0 saturated carbocycles. The van der Waals surface area contributed by atoms with Crippen molar-refractivity contribution in [3.63, 3.8) is 0 Å². The molecule has 1 heterocycles. The van der Waals surface area contributed by atoms with Crippen LogP contribution in [-0.4, -0.2) is 41.0 Å². The van der Waals surface area contributed by atoms with Gasteiger partial charge in [-0.2, -0.15) is 0 Å². The van der Waals surface area contributed by atoms with E-state index in [9.17, 15) is 14.7 Å². The van der Waals surface area contributed by atoms with Crippen LogP contribution in [0.5, 0.6) is 0 Å². The monoisotopic (exact) mass is 304 g/mol. The zero-order chi connectivity index (χ0) is 16.3. The number of amides is 2. The molecule has 0 aromatic heterocycles. The van der Waals surface area contributed by atoms with Crippen molar-refractivity contribution in [2.75, 3.05) is 18.4 Å². The fourth-order valence-corrected chi connectivity index (χ4v) is 2.82. The lowest BCUT2D eigenvalue weighted by atomic mass is 10.0. The minimum absolute atomic E-state index is 0.0582. The third-order valence-electron chi connectivity index (χ3n) is 4.38. The second-order valence-electron chi connectivity index (χ2n) is 5.99. The number of hydrogen-bond donors (Lipinski definition) is 2. The van der Waals surface area contributed by atoms with Crippen LogP contribution >= 0.6 is 0 Å². The van der Waals surface area contributed by atoms with Crippen molar-refractivity contribution in [1.29, 1.82) is 0 Å². The quantitative estimate of drug-likeness (QED) is 0.836. The van der Waals surface area contributed by atoms with Gasteiger partial charge in [-0.3, -0.25) is 9.59 Å². The molecule has 2 amide bonds. The molecule has 1 aromatic carbocycles. The summed E-state index contributed by atoms with van der Waals surface area (Å²) >= 11 is 0. The van der Waals surface area contributed by atoms with Crippen LogP contribution in [0.3, 0.4) is 0 Å². The zero-order valence-electron chi connectivity index (χ0n) is 13.4. The first kappa shape index (κ1) is 16.5. The summed E-state index contributed by atoms with van der Waals surface area (Å²) in [6.45, 7) is 6.76. The fourth-order valence-electron chi connectivity index (χ4n) is 2.82. The van der Waals surface area contributed by atoms with E-state index in [2.05, 4.69) is 12.2 Å². The summed E-state index contributed by atoms with van der Waals surface area (Å²) in [5.41, 5.74) is 2.97. The average molecular weight is 304 g/mol. The van der Waals surface area contributed by atoms with Gasteiger partial charge >= 0.3 is 11.8 Å². The number of aliphatic hydroxyl groups excluding tert-OH is 1. The molecule has 2 atom stereocenters. The third-order valence-corrected chi connectivity index (χ3v) is 4.38. The topological polar surface area (TPSA) is 69.6 Å². The molecule has 1 aliphatic heterocycles. The molecule has 0 aliphatic carbocycles. The molecule has 0 bridgehead atoms. The van der Waals surface area contributed by atoms with Crippen molar-refractivity contribution in [2.24, 2.45) is 5.92 Å². The highest BCUT2D eigenvalue weighted by Crippen LogP contribution is 2.20. The highest BCUT2D eigenvalue weighted by atomic mass is 16.3. The van der Waals surface area contributed by atoms with Crippen molar-refractivity contribution in [3.8, 4) is 0 Å². The summed E-state index contributed by atoms with van der Waals surface area (Å²) in [5, 5.41) is 12.2. The van der Waals surface area contributed by atoms with Gasteiger partial charge in [-0.25, -0.2) is 0 Å². The Labute approximate surface area is 131 Å². The molecular weight excluding hydrogens is 280 g/mol. The number of aliphatic hydroxyl groups is 1. The molecule has 2 N–H and O–H groups in total. The minimum Gasteiger partial charge on any atom is -0.393 e. The molecular formula is C17H24N2O3. The second kappa shape index (κ2) is 6.92. The van der Waals surface area contributed by atoms with Crippen LogP contribution in [0.15, 0.2) is 18.2 Å². The van der Waals surface area contributed by atoms with Crippen molar-refractivity contribution in [2.45, 2.75) is 39.7 Å². The molecule has 1 fully saturated rings. The number of likely N-dealkylation sites (tertiary alicyclic amines) is 1. The molecule has 22 heavy (non-hydrogen) atoms. The maximum atomic E-state index is 12.2. The maximum absolute atomic E-state index is 12.2. The Morgan fingerprint density at radius 2 is 2.18 bits per heavy atom. The van der Waals surface area contributed by atoms with Crippen LogP contribution in [0.2, 0.25) is 0 Å². The van der Waals surface area contributed by atoms with Crippen molar-refractivity contribution >= 4 is 17.5 Å². The highest BCUT2D eigenvalue weighted by molar-refractivity contribution is 6.39. The molecule has 1 saturated heterocycles. The molecule has 5 heteroatoms. The summed E-state index contributed by atoms with van der Waals surface area (Å²) in [6, 6.07) is 5.66. The van der Waals surface area contributed by atoms with Gasteiger partial charge in [-0.15, -0.1) is 0 Å². The minimum atomic E-state index is -0.614. The van der Waals surface area contributed by atoms with Gasteiger partial charge in [0.1, 0.15) is 0 Å². The molecule has 2 unspecified atom stereocenters. The van der Waals surface area contributed by atoms with E-state index in [1.807, 2.05) is 25.1 Å². The van der Waals surface area contributed by atoms with Gasteiger partial charge in [-0.1, -0.05) is 13.0 Å². The van der Waals surface area contributed by atoms with Crippen molar-refractivity contribution < 1.29 is 14.7 Å². The molecule has 0 spiro atoms. The lowest BCUT2D eigenvalue weighted by Gasteiger charge is -2.17. The standard InChI is InChI=1S/C17H24N2O3/c1-4-13-9-15(6-5-11(13)2)18-16(21)17(22)19-8-7-14(10-19)12(3)20/h5-6,9,12,14,20H,4,7-8,10H2,1-3H3,(H,18,21). The van der Waals surface area contributed by atoms with Crippen LogP contribution in [0.25, 0.3) is 0 Å². The predicted octanol–water partition coefficient (Wildman–Crippen LogP) is 1.73. The van der Waals surface area contributed by atoms with Gasteiger partial charge in [0.05, 0.1) is 6.10 Å². The Morgan fingerprint density at radius 1 is 1.45 bits per heavy atom. The SMILES string of the molecule is CCc1cc(NC(=O)C(=O)N2CCC(C(C)O)C2)ccc1C. The lowest BCUT2D eigenvalue weighted by Crippen LogP contribution is -2.38. The first-order chi connectivity index (χ1) is 10.4. The molecule has 1 aromatic rings. The van der Waals surface area contributed by atoms with Crippen molar-refractivity contribution in [3.05, 3.63) is 29.3 Å². The van der Waals surface area contributed by atoms with Gasteiger partial charge in [0.2, 0.25) is 0 Å². The zero-order valence-corrected chi connectivity index (χ0v) is 13.4. The van der Waals surface area contributed by atoms with Crippen LogP contribution < -0.4 is 5.32 Å². The van der Waals surface area contributed by atoms with Gasteiger partial charge < -0.3 is 15.3 Å². The van der Waals surface area contributed by atoms with E-state index in [1.165, 1.54) is 10.5 Å². The molecule has 0 radical (unpaired) electrons. The van der Waals surface area contributed by atoms with E-state index in [1.54, 1.807) is 6.92 Å². The number of benzene rings is 1. The molecule has 5 nitrogen and oxygen atoms in total. The summed E-state index contributed by atoms with van der Waals surface area (Å²) in [6.07, 6.45) is 1.16. The Morgan fingerprint density at radius 3 is 2.77 bits per heavy atom. The molecule has 1 aliphatic rings. The number of nitrogens with one attached hydrogen (secondary N) is 1. The normalized spacial score (nSPS) is 19.1. The van der Waals surface area contributed by atoms with Crippen LogP contribution in [-0.2, 0) is 16.0 Å². The first-order valence-corrected chi connectivity index (χ1v) is 7.80. The highest BCUT2D eigenvalue weighted by Gasteiger charge is 2.32. The van der Waals surface area contributed by atoms with Crippen LogP contribution in [0, 0.1) is 12.8 Å². The Hall–Kier alpha value is -1.88. The van der Waals surface area contributed by atoms with Crippen molar-refractivity contribution in [1.82, 2.24) is 4.90 Å². The molecule has 2 rings (SSSR count). The van der Waals surface area contributed by atoms with E-state index < -0.39 is 17.9 Å². The number of nitrogens with zero attached hydrogens (tertiary/aromatic N) is 1. The van der Waals surface area contributed by atoms with Gasteiger partial charge in [0.25, 0.3) is 0 Å². The van der Waals surface area contributed by atoms with Crippen LogP contribution in [0.1, 0.15) is 31.4 Å².